The predicted molar refractivity (Wildman–Crippen MR) is 71.6 cm³/mol. The lowest BCUT2D eigenvalue weighted by Gasteiger charge is -2.31. The topological polar surface area (TPSA) is 89.8 Å². The van der Waals surface area contributed by atoms with Crippen LogP contribution in [0.15, 0.2) is 11.4 Å². The smallest absolute Gasteiger partial charge is 0.324 e. The molecule has 0 N–H and O–H groups in total. The quantitative estimate of drug-likeness (QED) is 0.481. The molecule has 1 aliphatic rings. The molecule has 1 atom stereocenters. The molecule has 2 rings (SSSR count). The maximum absolute atomic E-state index is 12.3. The number of hydrogen-bond acceptors (Lipinski definition) is 6. The summed E-state index contributed by atoms with van der Waals surface area (Å²) in [7, 11) is 1.32. The Balaban J connectivity index is 2.08. The van der Waals surface area contributed by atoms with Gasteiger partial charge in [0, 0.05) is 24.5 Å². The van der Waals surface area contributed by atoms with E-state index < -0.39 is 4.92 Å². The molecule has 1 aliphatic heterocycles. The van der Waals surface area contributed by atoms with Crippen LogP contribution in [-0.4, -0.2) is 41.9 Å². The van der Waals surface area contributed by atoms with Crippen LogP contribution < -0.4 is 0 Å². The third-order valence-electron chi connectivity index (χ3n) is 3.26. The lowest BCUT2D eigenvalue weighted by Crippen LogP contribution is -2.42. The van der Waals surface area contributed by atoms with E-state index in [2.05, 4.69) is 0 Å². The number of hydrogen-bond donors (Lipinski definition) is 0. The Morgan fingerprint density at radius 1 is 1.55 bits per heavy atom. The van der Waals surface area contributed by atoms with E-state index in [0.717, 1.165) is 17.8 Å². The van der Waals surface area contributed by atoms with Crippen molar-refractivity contribution in [3.63, 3.8) is 0 Å². The minimum atomic E-state index is -0.519. The van der Waals surface area contributed by atoms with Crippen molar-refractivity contribution in [2.45, 2.75) is 12.8 Å². The minimum Gasteiger partial charge on any atom is -0.469 e. The fraction of sp³-hybridized carbons (Fsp3) is 0.500. The second kappa shape index (κ2) is 6.00. The second-order valence-electron chi connectivity index (χ2n) is 4.54. The maximum Gasteiger partial charge on any atom is 0.324 e. The first kappa shape index (κ1) is 14.4. The van der Waals surface area contributed by atoms with E-state index in [-0.39, 0.29) is 22.8 Å². The molecule has 0 spiro atoms. The van der Waals surface area contributed by atoms with Crippen molar-refractivity contribution in [3.8, 4) is 0 Å². The lowest BCUT2D eigenvalue weighted by molar-refractivity contribution is -0.380. The molecule has 2 heterocycles. The number of carbonyl (C=O) groups excluding carboxylic acids is 2. The van der Waals surface area contributed by atoms with Gasteiger partial charge in [0.25, 0.3) is 5.91 Å². The van der Waals surface area contributed by atoms with Gasteiger partial charge in [-0.25, -0.2) is 0 Å². The van der Waals surface area contributed by atoms with Crippen LogP contribution in [0.1, 0.15) is 23.2 Å². The molecule has 0 aliphatic carbocycles. The van der Waals surface area contributed by atoms with Crippen LogP contribution in [0.25, 0.3) is 0 Å². The maximum atomic E-state index is 12.3. The van der Waals surface area contributed by atoms with Crippen molar-refractivity contribution in [1.82, 2.24) is 4.90 Å². The summed E-state index contributed by atoms with van der Waals surface area (Å²) in [5.41, 5.74) is 0.298. The summed E-state index contributed by atoms with van der Waals surface area (Å²) in [6.45, 7) is 0.852. The molecule has 0 saturated carbocycles. The first-order valence-electron chi connectivity index (χ1n) is 6.13. The van der Waals surface area contributed by atoms with E-state index in [9.17, 15) is 19.7 Å². The normalized spacial score (nSPS) is 18.6. The van der Waals surface area contributed by atoms with Crippen molar-refractivity contribution in [3.05, 3.63) is 27.1 Å². The number of methoxy groups -OCH3 is 1. The number of amides is 1. The van der Waals surface area contributed by atoms with E-state index in [1.165, 1.54) is 18.6 Å². The third kappa shape index (κ3) is 2.96. The molecule has 0 bridgehead atoms. The molecule has 108 valence electrons. The fourth-order valence-corrected chi connectivity index (χ4v) is 2.93. The van der Waals surface area contributed by atoms with Crippen LogP contribution in [0.3, 0.4) is 0 Å². The fourth-order valence-electron chi connectivity index (χ4n) is 2.24. The number of carbonyl (C=O) groups is 2. The van der Waals surface area contributed by atoms with Gasteiger partial charge in [0.2, 0.25) is 0 Å². The molecule has 7 nitrogen and oxygen atoms in total. The summed E-state index contributed by atoms with van der Waals surface area (Å²) in [5.74, 6) is -0.909. The van der Waals surface area contributed by atoms with Gasteiger partial charge in [0.15, 0.2) is 0 Å². The zero-order valence-corrected chi connectivity index (χ0v) is 11.7. The number of rotatable bonds is 3. The zero-order chi connectivity index (χ0) is 14.7. The van der Waals surface area contributed by atoms with Gasteiger partial charge in [-0.15, -0.1) is 0 Å². The summed E-state index contributed by atoms with van der Waals surface area (Å²) >= 11 is 0.923. The van der Waals surface area contributed by atoms with Gasteiger partial charge in [0.1, 0.15) is 0 Å². The van der Waals surface area contributed by atoms with Gasteiger partial charge < -0.3 is 9.64 Å². The number of thiophene rings is 1. The van der Waals surface area contributed by atoms with E-state index in [4.69, 9.17) is 4.74 Å². The Bertz CT molecular complexity index is 542. The third-order valence-corrected chi connectivity index (χ3v) is 4.14. The average Bonchev–Trinajstić information content (AvgIpc) is 2.95. The summed E-state index contributed by atoms with van der Waals surface area (Å²) < 4.78 is 4.69. The van der Waals surface area contributed by atoms with Gasteiger partial charge >= 0.3 is 11.0 Å². The second-order valence-corrected chi connectivity index (χ2v) is 5.43. The molecule has 1 fully saturated rings. The zero-order valence-electron chi connectivity index (χ0n) is 10.9. The predicted octanol–water partition coefficient (Wildman–Crippen LogP) is 1.68. The van der Waals surface area contributed by atoms with Gasteiger partial charge in [-0.05, 0) is 12.8 Å². The monoisotopic (exact) mass is 298 g/mol. The Kier molecular flexibility index (Phi) is 4.33. The van der Waals surface area contributed by atoms with Gasteiger partial charge in [-0.3, -0.25) is 19.7 Å². The number of piperidine rings is 1. The first-order chi connectivity index (χ1) is 9.52. The molecule has 1 aromatic heterocycles. The lowest BCUT2D eigenvalue weighted by atomic mass is 9.98. The summed E-state index contributed by atoms with van der Waals surface area (Å²) in [6, 6.07) is 1.27. The molecule has 20 heavy (non-hydrogen) atoms. The van der Waals surface area contributed by atoms with Crippen molar-refractivity contribution in [2.24, 2.45) is 5.92 Å². The van der Waals surface area contributed by atoms with Crippen molar-refractivity contribution in [1.29, 1.82) is 0 Å². The Morgan fingerprint density at radius 2 is 2.30 bits per heavy atom. The highest BCUT2D eigenvalue weighted by Crippen LogP contribution is 2.25. The molecule has 8 heteroatoms. The summed E-state index contributed by atoms with van der Waals surface area (Å²) in [6.07, 6.45) is 1.41. The Hall–Kier alpha value is -1.96. The SMILES string of the molecule is COC(=O)C1CCCN(C(=O)c2csc([N+](=O)[O-])c2)C1. The summed E-state index contributed by atoms with van der Waals surface area (Å²) in [4.78, 5) is 35.4. The number of ether oxygens (including phenoxy) is 1. The van der Waals surface area contributed by atoms with Gasteiger partial charge in [-0.2, -0.15) is 0 Å². The van der Waals surface area contributed by atoms with Crippen LogP contribution in [0.5, 0.6) is 0 Å². The standard InChI is InChI=1S/C12H14N2O5S/c1-19-12(16)8-3-2-4-13(6-8)11(15)9-5-10(14(17)18)20-7-9/h5,7-8H,2-4,6H2,1H3. The molecule has 1 saturated heterocycles. The van der Waals surface area contributed by atoms with Gasteiger partial charge in [-0.1, -0.05) is 11.3 Å². The van der Waals surface area contributed by atoms with E-state index in [1.54, 1.807) is 4.90 Å². The van der Waals surface area contributed by atoms with Crippen molar-refractivity contribution >= 4 is 28.2 Å². The van der Waals surface area contributed by atoms with Crippen molar-refractivity contribution in [2.75, 3.05) is 20.2 Å². The molecule has 0 aromatic carbocycles. The van der Waals surface area contributed by atoms with Crippen LogP contribution in [-0.2, 0) is 9.53 Å². The number of nitro groups is 1. The number of nitrogens with zero attached hydrogens (tertiary/aromatic N) is 2. The van der Waals surface area contributed by atoms with E-state index in [1.807, 2.05) is 0 Å². The number of likely N-dealkylation sites (tertiary alicyclic amines) is 1. The van der Waals surface area contributed by atoms with Crippen molar-refractivity contribution < 1.29 is 19.2 Å². The summed E-state index contributed by atoms with van der Waals surface area (Å²) in [5, 5.41) is 12.0. The minimum absolute atomic E-state index is 0.0603. The molecule has 0 radical (unpaired) electrons. The van der Waals surface area contributed by atoms with E-state index in [0.29, 0.717) is 25.1 Å². The molecular weight excluding hydrogens is 284 g/mol. The number of esters is 1. The first-order valence-corrected chi connectivity index (χ1v) is 7.01. The average molecular weight is 298 g/mol. The molecular formula is C12H14N2O5S. The largest absolute Gasteiger partial charge is 0.469 e. The Morgan fingerprint density at radius 3 is 2.90 bits per heavy atom. The Labute approximate surface area is 119 Å². The van der Waals surface area contributed by atoms with Crippen LogP contribution in [0.4, 0.5) is 5.00 Å². The van der Waals surface area contributed by atoms with Gasteiger partial charge in [0.05, 0.1) is 23.5 Å². The van der Waals surface area contributed by atoms with Crippen LogP contribution in [0, 0.1) is 16.0 Å². The molecule has 1 aromatic rings. The van der Waals surface area contributed by atoms with E-state index >= 15 is 0 Å². The highest BCUT2D eigenvalue weighted by molar-refractivity contribution is 7.13. The van der Waals surface area contributed by atoms with Crippen LogP contribution >= 0.6 is 11.3 Å². The van der Waals surface area contributed by atoms with Crippen LogP contribution in [0.2, 0.25) is 0 Å². The highest BCUT2D eigenvalue weighted by atomic mass is 32.1. The highest BCUT2D eigenvalue weighted by Gasteiger charge is 2.30. The molecule has 1 amide bonds. The molecule has 1 unspecified atom stereocenters.